The molecule has 4 nitrogen and oxygen atoms in total. The third-order valence-corrected chi connectivity index (χ3v) is 3.48. The van der Waals surface area contributed by atoms with Gasteiger partial charge in [-0.1, -0.05) is 35.3 Å². The van der Waals surface area contributed by atoms with Crippen molar-refractivity contribution in [3.63, 3.8) is 0 Å². The fourth-order valence-corrected chi connectivity index (χ4v) is 2.20. The molecule has 0 saturated heterocycles. The van der Waals surface area contributed by atoms with E-state index in [2.05, 4.69) is 15.2 Å². The first-order valence-electron chi connectivity index (χ1n) is 5.29. The van der Waals surface area contributed by atoms with E-state index in [-0.39, 0.29) is 0 Å². The summed E-state index contributed by atoms with van der Waals surface area (Å²) >= 11 is 12.3. The summed E-state index contributed by atoms with van der Waals surface area (Å²) in [6.45, 7) is 1.95. The summed E-state index contributed by atoms with van der Waals surface area (Å²) < 4.78 is 1.77. The Labute approximate surface area is 113 Å². The quantitative estimate of drug-likeness (QED) is 0.685. The van der Waals surface area contributed by atoms with Gasteiger partial charge in [0.1, 0.15) is 0 Å². The SMILES string of the molecule is Cc1cccc(-c2nnc3c(Cl)nccn23)c1Cl. The molecular weight excluding hydrogens is 271 g/mol. The zero-order valence-corrected chi connectivity index (χ0v) is 10.9. The third-order valence-electron chi connectivity index (χ3n) is 2.72. The molecule has 0 N–H and O–H groups in total. The molecule has 0 aliphatic rings. The minimum atomic E-state index is 0.319. The number of fused-ring (bicyclic) bond motifs is 1. The molecule has 0 atom stereocenters. The molecule has 2 heterocycles. The van der Waals surface area contributed by atoms with Crippen LogP contribution in [0.1, 0.15) is 5.56 Å². The van der Waals surface area contributed by atoms with E-state index < -0.39 is 0 Å². The Balaban J connectivity index is 2.33. The highest BCUT2D eigenvalue weighted by atomic mass is 35.5. The van der Waals surface area contributed by atoms with Gasteiger partial charge in [-0.2, -0.15) is 0 Å². The molecule has 2 aromatic heterocycles. The first-order valence-corrected chi connectivity index (χ1v) is 6.05. The Morgan fingerprint density at radius 3 is 2.83 bits per heavy atom. The zero-order valence-electron chi connectivity index (χ0n) is 9.43. The normalized spacial score (nSPS) is 11.1. The highest BCUT2D eigenvalue weighted by Gasteiger charge is 2.14. The highest BCUT2D eigenvalue weighted by Crippen LogP contribution is 2.29. The molecule has 0 aliphatic heterocycles. The van der Waals surface area contributed by atoms with Crippen LogP contribution in [-0.4, -0.2) is 19.6 Å². The molecule has 18 heavy (non-hydrogen) atoms. The van der Waals surface area contributed by atoms with Crippen molar-refractivity contribution < 1.29 is 0 Å². The van der Waals surface area contributed by atoms with E-state index in [0.717, 1.165) is 11.1 Å². The Bertz CT molecular complexity index is 736. The lowest BCUT2D eigenvalue weighted by molar-refractivity contribution is 1.11. The summed E-state index contributed by atoms with van der Waals surface area (Å²) in [7, 11) is 0. The van der Waals surface area contributed by atoms with Crippen molar-refractivity contribution in [3.8, 4) is 11.4 Å². The molecule has 0 bridgehead atoms. The molecule has 0 aliphatic carbocycles. The van der Waals surface area contributed by atoms with Crippen LogP contribution in [0.4, 0.5) is 0 Å². The summed E-state index contributed by atoms with van der Waals surface area (Å²) in [6, 6.07) is 5.78. The van der Waals surface area contributed by atoms with Crippen LogP contribution in [-0.2, 0) is 0 Å². The number of benzene rings is 1. The average molecular weight is 279 g/mol. The molecule has 1 aromatic carbocycles. The second-order valence-electron chi connectivity index (χ2n) is 3.87. The number of hydrogen-bond acceptors (Lipinski definition) is 3. The lowest BCUT2D eigenvalue weighted by atomic mass is 10.1. The van der Waals surface area contributed by atoms with Crippen LogP contribution < -0.4 is 0 Å². The molecule has 0 unspecified atom stereocenters. The Hall–Kier alpha value is -1.65. The number of rotatable bonds is 1. The van der Waals surface area contributed by atoms with Crippen LogP contribution >= 0.6 is 23.2 Å². The summed E-state index contributed by atoms with van der Waals surface area (Å²) in [6.07, 6.45) is 3.36. The molecule has 3 aromatic rings. The number of aromatic nitrogens is 4. The number of nitrogens with zero attached hydrogens (tertiary/aromatic N) is 4. The van der Waals surface area contributed by atoms with Gasteiger partial charge in [0.2, 0.25) is 0 Å². The minimum absolute atomic E-state index is 0.319. The van der Waals surface area contributed by atoms with Gasteiger partial charge in [-0.05, 0) is 18.6 Å². The van der Waals surface area contributed by atoms with Crippen LogP contribution in [0.25, 0.3) is 17.0 Å². The summed E-state index contributed by atoms with van der Waals surface area (Å²) in [5, 5.41) is 9.14. The molecule has 90 valence electrons. The topological polar surface area (TPSA) is 43.1 Å². The maximum atomic E-state index is 6.30. The third kappa shape index (κ3) is 1.65. The smallest absolute Gasteiger partial charge is 0.198 e. The Kier molecular flexibility index (Phi) is 2.69. The average Bonchev–Trinajstić information content (AvgIpc) is 2.78. The molecule has 0 spiro atoms. The lowest BCUT2D eigenvalue weighted by Gasteiger charge is -2.04. The Morgan fingerprint density at radius 1 is 1.17 bits per heavy atom. The van der Waals surface area contributed by atoms with Gasteiger partial charge >= 0.3 is 0 Å². The predicted octanol–water partition coefficient (Wildman–Crippen LogP) is 3.41. The molecule has 0 radical (unpaired) electrons. The van der Waals surface area contributed by atoms with Crippen molar-refractivity contribution in [2.75, 3.05) is 0 Å². The number of halogens is 2. The van der Waals surface area contributed by atoms with Crippen molar-refractivity contribution in [1.82, 2.24) is 19.6 Å². The lowest BCUT2D eigenvalue weighted by Crippen LogP contribution is -1.92. The first-order chi connectivity index (χ1) is 8.68. The molecule has 3 rings (SSSR count). The fraction of sp³-hybridized carbons (Fsp3) is 0.0833. The van der Waals surface area contributed by atoms with Crippen molar-refractivity contribution >= 4 is 28.8 Å². The molecule has 0 fully saturated rings. The van der Waals surface area contributed by atoms with E-state index in [9.17, 15) is 0 Å². The van der Waals surface area contributed by atoms with Gasteiger partial charge in [-0.15, -0.1) is 10.2 Å². The summed E-state index contributed by atoms with van der Waals surface area (Å²) in [4.78, 5) is 3.96. The maximum Gasteiger partial charge on any atom is 0.198 e. The van der Waals surface area contributed by atoms with Gasteiger partial charge in [0.15, 0.2) is 16.6 Å². The molecule has 6 heteroatoms. The van der Waals surface area contributed by atoms with E-state index in [0.29, 0.717) is 21.6 Å². The second-order valence-corrected chi connectivity index (χ2v) is 4.61. The summed E-state index contributed by atoms with van der Waals surface area (Å²) in [5.74, 6) is 0.656. The van der Waals surface area contributed by atoms with Gasteiger partial charge in [0.25, 0.3) is 0 Å². The zero-order chi connectivity index (χ0) is 12.7. The van der Waals surface area contributed by atoms with Crippen molar-refractivity contribution in [3.05, 3.63) is 46.3 Å². The van der Waals surface area contributed by atoms with Crippen molar-refractivity contribution in [2.45, 2.75) is 6.92 Å². The second kappa shape index (κ2) is 4.23. The summed E-state index contributed by atoms with van der Waals surface area (Å²) in [5.41, 5.74) is 2.34. The fourth-order valence-electron chi connectivity index (χ4n) is 1.80. The van der Waals surface area contributed by atoms with E-state index in [1.54, 1.807) is 16.8 Å². The largest absolute Gasteiger partial charge is 0.278 e. The van der Waals surface area contributed by atoms with Crippen LogP contribution in [0.15, 0.2) is 30.6 Å². The highest BCUT2D eigenvalue weighted by molar-refractivity contribution is 6.34. The van der Waals surface area contributed by atoms with E-state index in [1.807, 2.05) is 25.1 Å². The van der Waals surface area contributed by atoms with E-state index in [1.165, 1.54) is 0 Å². The standard InChI is InChI=1S/C12H8Cl2N4/c1-7-3-2-4-8(9(7)13)11-16-17-12-10(14)15-5-6-18(11)12/h2-6H,1H3. The molecule has 0 amide bonds. The van der Waals surface area contributed by atoms with E-state index >= 15 is 0 Å². The van der Waals surface area contributed by atoms with Crippen LogP contribution in [0.3, 0.4) is 0 Å². The monoisotopic (exact) mass is 278 g/mol. The van der Waals surface area contributed by atoms with Crippen LogP contribution in [0, 0.1) is 6.92 Å². The number of aryl methyl sites for hydroxylation is 1. The molecular formula is C12H8Cl2N4. The number of hydrogen-bond donors (Lipinski definition) is 0. The van der Waals surface area contributed by atoms with Crippen molar-refractivity contribution in [2.24, 2.45) is 0 Å². The molecule has 0 saturated carbocycles. The van der Waals surface area contributed by atoms with Gasteiger partial charge in [0, 0.05) is 18.0 Å². The Morgan fingerprint density at radius 2 is 2.00 bits per heavy atom. The van der Waals surface area contributed by atoms with Gasteiger partial charge in [-0.3, -0.25) is 4.40 Å². The minimum Gasteiger partial charge on any atom is -0.278 e. The maximum absolute atomic E-state index is 6.30. The van der Waals surface area contributed by atoms with E-state index in [4.69, 9.17) is 23.2 Å². The predicted molar refractivity (Wildman–Crippen MR) is 71.0 cm³/mol. The van der Waals surface area contributed by atoms with Gasteiger partial charge < -0.3 is 0 Å². The first kappa shape index (κ1) is 11.4. The van der Waals surface area contributed by atoms with Crippen LogP contribution in [0.5, 0.6) is 0 Å². The van der Waals surface area contributed by atoms with Gasteiger partial charge in [-0.25, -0.2) is 4.98 Å². The van der Waals surface area contributed by atoms with Crippen molar-refractivity contribution in [1.29, 1.82) is 0 Å². The van der Waals surface area contributed by atoms with Crippen LogP contribution in [0.2, 0.25) is 10.2 Å². The van der Waals surface area contributed by atoms with Gasteiger partial charge in [0.05, 0.1) is 5.02 Å².